The first-order chi connectivity index (χ1) is 7.58. The molecule has 0 saturated carbocycles. The fraction of sp³-hybridized carbons (Fsp3) is 0.500. The Hall–Kier alpha value is -0.190. The number of rotatable bonds is 5. The second-order valence-electron chi connectivity index (χ2n) is 3.46. The molecular formula is C10H12BrCl2NO2. The maximum Gasteiger partial charge on any atom is 0.256 e. The highest BCUT2D eigenvalue weighted by atomic mass is 79.9. The fourth-order valence-corrected chi connectivity index (χ4v) is 2.36. The van der Waals surface area contributed by atoms with Crippen LogP contribution < -0.4 is 5.32 Å². The fourth-order valence-electron chi connectivity index (χ4n) is 1.14. The van der Waals surface area contributed by atoms with Crippen LogP contribution in [0, 0.1) is 0 Å². The highest BCUT2D eigenvalue weighted by molar-refractivity contribution is 9.10. The van der Waals surface area contributed by atoms with Crippen LogP contribution >= 0.6 is 39.1 Å². The molecule has 0 aliphatic rings. The lowest BCUT2D eigenvalue weighted by Crippen LogP contribution is -2.51. The highest BCUT2D eigenvalue weighted by Gasteiger charge is 2.29. The molecule has 0 spiro atoms. The number of furan rings is 1. The third kappa shape index (κ3) is 2.93. The van der Waals surface area contributed by atoms with E-state index in [1.54, 1.807) is 6.07 Å². The van der Waals surface area contributed by atoms with E-state index in [1.165, 1.54) is 6.26 Å². The predicted molar refractivity (Wildman–Crippen MR) is 68.3 cm³/mol. The van der Waals surface area contributed by atoms with Crippen molar-refractivity contribution in [3.8, 4) is 0 Å². The molecule has 1 rings (SSSR count). The number of nitrogens with one attached hydrogen (secondary N) is 1. The van der Waals surface area contributed by atoms with Crippen LogP contribution in [0.2, 0.25) is 0 Å². The van der Waals surface area contributed by atoms with Crippen molar-refractivity contribution in [2.75, 3.05) is 11.8 Å². The van der Waals surface area contributed by atoms with Crippen molar-refractivity contribution in [2.24, 2.45) is 0 Å². The summed E-state index contributed by atoms with van der Waals surface area (Å²) in [4.78, 5) is 11.9. The van der Waals surface area contributed by atoms with Crippen molar-refractivity contribution < 1.29 is 9.21 Å². The molecule has 1 heterocycles. The Kier molecular flexibility index (Phi) is 5.15. The summed E-state index contributed by atoms with van der Waals surface area (Å²) in [6, 6.07) is 1.59. The number of alkyl halides is 2. The molecule has 0 atom stereocenters. The molecule has 0 saturated heterocycles. The lowest BCUT2D eigenvalue weighted by Gasteiger charge is -2.29. The third-order valence-corrected chi connectivity index (χ3v) is 4.07. The lowest BCUT2D eigenvalue weighted by molar-refractivity contribution is 0.0912. The van der Waals surface area contributed by atoms with Crippen molar-refractivity contribution in [1.82, 2.24) is 5.32 Å². The van der Waals surface area contributed by atoms with Crippen LogP contribution in [0.15, 0.2) is 21.4 Å². The molecule has 1 amide bonds. The van der Waals surface area contributed by atoms with E-state index in [0.717, 1.165) is 0 Å². The van der Waals surface area contributed by atoms with Gasteiger partial charge in [0.1, 0.15) is 0 Å². The summed E-state index contributed by atoms with van der Waals surface area (Å²) in [5.74, 6) is 0.298. The maximum atomic E-state index is 11.9. The van der Waals surface area contributed by atoms with Crippen LogP contribution in [0.3, 0.4) is 0 Å². The molecule has 1 aromatic rings. The number of hydrogen-bond donors (Lipinski definition) is 1. The summed E-state index contributed by atoms with van der Waals surface area (Å²) in [7, 11) is 0. The maximum absolute atomic E-state index is 11.9. The van der Waals surface area contributed by atoms with Gasteiger partial charge in [0.25, 0.3) is 5.91 Å². The average Bonchev–Trinajstić information content (AvgIpc) is 2.72. The Morgan fingerprint density at radius 1 is 1.56 bits per heavy atom. The van der Waals surface area contributed by atoms with E-state index in [4.69, 9.17) is 27.6 Å². The molecule has 1 N–H and O–H groups in total. The van der Waals surface area contributed by atoms with Crippen molar-refractivity contribution >= 4 is 45.0 Å². The Labute approximate surface area is 113 Å². The zero-order valence-electron chi connectivity index (χ0n) is 8.73. The van der Waals surface area contributed by atoms with Gasteiger partial charge in [0.2, 0.25) is 0 Å². The van der Waals surface area contributed by atoms with E-state index in [2.05, 4.69) is 21.2 Å². The number of amides is 1. The summed E-state index contributed by atoms with van der Waals surface area (Å²) in [6.07, 6.45) is 2.11. The lowest BCUT2D eigenvalue weighted by atomic mass is 10.0. The Morgan fingerprint density at radius 2 is 2.19 bits per heavy atom. The highest BCUT2D eigenvalue weighted by Crippen LogP contribution is 2.20. The molecule has 0 aromatic carbocycles. The molecule has 3 nitrogen and oxygen atoms in total. The first kappa shape index (κ1) is 13.9. The summed E-state index contributed by atoms with van der Waals surface area (Å²) < 4.78 is 5.39. The SMILES string of the molecule is CCC(CCl)(CCl)NC(=O)c1ccoc1Br. The Balaban J connectivity index is 2.81. The Bertz CT molecular complexity index is 355. The smallest absolute Gasteiger partial charge is 0.256 e. The minimum atomic E-state index is -0.573. The Morgan fingerprint density at radius 3 is 2.56 bits per heavy atom. The van der Waals surface area contributed by atoms with Crippen LogP contribution in [0.25, 0.3) is 0 Å². The summed E-state index contributed by atoms with van der Waals surface area (Å²) in [5.41, 5.74) is -0.134. The van der Waals surface area contributed by atoms with Crippen LogP contribution in [0.4, 0.5) is 0 Å². The first-order valence-corrected chi connectivity index (χ1v) is 6.62. The van der Waals surface area contributed by atoms with Crippen LogP contribution in [0.5, 0.6) is 0 Å². The van der Waals surface area contributed by atoms with Gasteiger partial charge in [-0.3, -0.25) is 4.79 Å². The molecule has 90 valence electrons. The normalized spacial score (nSPS) is 11.5. The van der Waals surface area contributed by atoms with E-state index in [9.17, 15) is 4.79 Å². The van der Waals surface area contributed by atoms with Crippen molar-refractivity contribution in [3.63, 3.8) is 0 Å². The van der Waals surface area contributed by atoms with Gasteiger partial charge >= 0.3 is 0 Å². The average molecular weight is 329 g/mol. The summed E-state index contributed by atoms with van der Waals surface area (Å²) in [6.45, 7) is 1.93. The monoisotopic (exact) mass is 327 g/mol. The standard InChI is InChI=1S/C10H12BrCl2NO2/c1-2-10(5-12,6-13)14-9(15)7-3-4-16-8(7)11/h3-4H,2,5-6H2,1H3,(H,14,15). The molecule has 0 radical (unpaired) electrons. The molecule has 0 fully saturated rings. The topological polar surface area (TPSA) is 42.2 Å². The minimum absolute atomic E-state index is 0.247. The summed E-state index contributed by atoms with van der Waals surface area (Å²) >= 11 is 14.8. The van der Waals surface area contributed by atoms with E-state index in [0.29, 0.717) is 16.7 Å². The number of carbonyl (C=O) groups excluding carboxylic acids is 1. The molecule has 0 bridgehead atoms. The predicted octanol–water partition coefficient (Wildman–Crippen LogP) is 3.40. The van der Waals surface area contributed by atoms with E-state index < -0.39 is 5.54 Å². The molecule has 16 heavy (non-hydrogen) atoms. The number of halogens is 3. The molecule has 6 heteroatoms. The zero-order valence-corrected chi connectivity index (χ0v) is 11.8. The van der Waals surface area contributed by atoms with Gasteiger partial charge in [-0.15, -0.1) is 23.2 Å². The molecule has 0 aliphatic heterocycles. The van der Waals surface area contributed by atoms with Crippen LogP contribution in [0.1, 0.15) is 23.7 Å². The second-order valence-corrected chi connectivity index (χ2v) is 4.72. The van der Waals surface area contributed by atoms with Crippen molar-refractivity contribution in [3.05, 3.63) is 22.6 Å². The largest absolute Gasteiger partial charge is 0.457 e. The van der Waals surface area contributed by atoms with E-state index >= 15 is 0 Å². The second kappa shape index (κ2) is 5.94. The molecule has 0 aliphatic carbocycles. The quantitative estimate of drug-likeness (QED) is 0.842. The van der Waals surface area contributed by atoms with Gasteiger partial charge in [-0.1, -0.05) is 6.92 Å². The zero-order chi connectivity index (χ0) is 12.2. The van der Waals surface area contributed by atoms with Gasteiger partial charge in [-0.25, -0.2) is 0 Å². The van der Waals surface area contributed by atoms with Crippen molar-refractivity contribution in [2.45, 2.75) is 18.9 Å². The first-order valence-electron chi connectivity index (χ1n) is 4.76. The van der Waals surface area contributed by atoms with Gasteiger partial charge in [0, 0.05) is 11.8 Å². The number of carbonyl (C=O) groups is 1. The van der Waals surface area contributed by atoms with Gasteiger partial charge in [-0.05, 0) is 28.4 Å². The minimum Gasteiger partial charge on any atom is -0.457 e. The number of hydrogen-bond acceptors (Lipinski definition) is 2. The van der Waals surface area contributed by atoms with Crippen LogP contribution in [-0.4, -0.2) is 23.2 Å². The third-order valence-electron chi connectivity index (χ3n) is 2.43. The molecular weight excluding hydrogens is 317 g/mol. The van der Waals surface area contributed by atoms with Crippen LogP contribution in [-0.2, 0) is 0 Å². The van der Waals surface area contributed by atoms with Gasteiger partial charge in [0.15, 0.2) is 4.67 Å². The van der Waals surface area contributed by atoms with Gasteiger partial charge in [0.05, 0.1) is 17.4 Å². The van der Waals surface area contributed by atoms with Gasteiger partial charge in [-0.2, -0.15) is 0 Å². The van der Waals surface area contributed by atoms with E-state index in [-0.39, 0.29) is 17.7 Å². The van der Waals surface area contributed by atoms with E-state index in [1.807, 2.05) is 6.92 Å². The molecule has 0 unspecified atom stereocenters. The summed E-state index contributed by atoms with van der Waals surface area (Å²) in [5, 5.41) is 2.83. The van der Waals surface area contributed by atoms with Crippen molar-refractivity contribution in [1.29, 1.82) is 0 Å². The van der Waals surface area contributed by atoms with Gasteiger partial charge < -0.3 is 9.73 Å². The molecule has 1 aromatic heterocycles.